The van der Waals surface area contributed by atoms with Gasteiger partial charge in [-0.15, -0.1) is 5.10 Å². The molecule has 4 aromatic heterocycles. The molecule has 11 nitrogen and oxygen atoms in total. The molecule has 4 heterocycles. The van der Waals surface area contributed by atoms with Crippen LogP contribution in [-0.2, 0) is 6.61 Å². The molecule has 172 valence electrons. The number of furan rings is 1. The van der Waals surface area contributed by atoms with Crippen LogP contribution in [-0.4, -0.2) is 34.3 Å². The normalized spacial score (nSPS) is 11.3. The number of benzene rings is 2. The number of hydrogen-bond acceptors (Lipinski definition) is 8. The number of aromatic nitrogens is 6. The first kappa shape index (κ1) is 20.5. The molecule has 0 unspecified atom stereocenters. The number of nitro benzene ring substituents is 1. The lowest BCUT2D eigenvalue weighted by atomic mass is 10.2. The van der Waals surface area contributed by atoms with Crippen molar-refractivity contribution in [3.05, 3.63) is 94.6 Å². The second-order valence-electron chi connectivity index (χ2n) is 7.84. The first-order valence-corrected chi connectivity index (χ1v) is 10.7. The highest BCUT2D eigenvalue weighted by atomic mass is 16.6. The first-order valence-electron chi connectivity index (χ1n) is 10.7. The molecule has 0 saturated heterocycles. The minimum Gasteiger partial charge on any atom is -0.486 e. The molecule has 0 fully saturated rings. The van der Waals surface area contributed by atoms with Crippen molar-refractivity contribution in [2.75, 3.05) is 0 Å². The Morgan fingerprint density at radius 3 is 2.74 bits per heavy atom. The predicted molar refractivity (Wildman–Crippen MR) is 125 cm³/mol. The minimum atomic E-state index is -0.421. The molecule has 0 atom stereocenters. The van der Waals surface area contributed by atoms with Gasteiger partial charge in [0.05, 0.1) is 22.2 Å². The van der Waals surface area contributed by atoms with E-state index in [2.05, 4.69) is 20.2 Å². The third kappa shape index (κ3) is 3.64. The smallest absolute Gasteiger partial charge is 0.272 e. The summed E-state index contributed by atoms with van der Waals surface area (Å²) in [6.45, 7) is 1.82. The summed E-state index contributed by atoms with van der Waals surface area (Å²) in [6, 6.07) is 17.9. The second kappa shape index (κ2) is 8.06. The number of ether oxygens (including phenoxy) is 1. The highest BCUT2D eigenvalue weighted by Crippen LogP contribution is 2.26. The van der Waals surface area contributed by atoms with Crippen LogP contribution in [0.5, 0.6) is 5.75 Å². The highest BCUT2D eigenvalue weighted by Gasteiger charge is 2.17. The zero-order valence-electron chi connectivity index (χ0n) is 18.4. The van der Waals surface area contributed by atoms with Gasteiger partial charge in [0.15, 0.2) is 17.1 Å². The van der Waals surface area contributed by atoms with E-state index in [0.29, 0.717) is 40.0 Å². The molecule has 35 heavy (non-hydrogen) atoms. The predicted octanol–water partition coefficient (Wildman–Crippen LogP) is 4.52. The minimum absolute atomic E-state index is 0.0495. The number of nitrogens with zero attached hydrogens (tertiary/aromatic N) is 7. The molecule has 6 rings (SSSR count). The third-order valence-corrected chi connectivity index (χ3v) is 5.53. The molecule has 0 saturated carbocycles. The van der Waals surface area contributed by atoms with E-state index in [1.807, 2.05) is 30.3 Å². The van der Waals surface area contributed by atoms with Crippen molar-refractivity contribution in [1.29, 1.82) is 0 Å². The molecule has 6 aromatic rings. The molecule has 2 aromatic carbocycles. The van der Waals surface area contributed by atoms with Crippen LogP contribution in [0.2, 0.25) is 0 Å². The molecule has 0 amide bonds. The van der Waals surface area contributed by atoms with Crippen LogP contribution in [0.25, 0.3) is 34.0 Å². The van der Waals surface area contributed by atoms with Crippen molar-refractivity contribution in [3.63, 3.8) is 0 Å². The monoisotopic (exact) mass is 467 g/mol. The van der Waals surface area contributed by atoms with Gasteiger partial charge in [-0.2, -0.15) is 5.10 Å². The largest absolute Gasteiger partial charge is 0.486 e. The summed E-state index contributed by atoms with van der Waals surface area (Å²) < 4.78 is 15.0. The van der Waals surface area contributed by atoms with E-state index in [1.54, 1.807) is 52.9 Å². The Bertz CT molecular complexity index is 1700. The zero-order chi connectivity index (χ0) is 23.9. The van der Waals surface area contributed by atoms with Crippen molar-refractivity contribution < 1.29 is 14.1 Å². The molecule has 0 N–H and O–H groups in total. The summed E-state index contributed by atoms with van der Waals surface area (Å²) in [4.78, 5) is 19.7. The highest BCUT2D eigenvalue weighted by molar-refractivity contribution is 5.89. The Balaban J connectivity index is 1.25. The summed E-state index contributed by atoms with van der Waals surface area (Å²) in [5.41, 5.74) is 2.76. The van der Waals surface area contributed by atoms with E-state index in [1.165, 1.54) is 6.07 Å². The number of hydrogen-bond donors (Lipinski definition) is 0. The van der Waals surface area contributed by atoms with E-state index in [-0.39, 0.29) is 12.3 Å². The lowest BCUT2D eigenvalue weighted by molar-refractivity contribution is -0.385. The SMILES string of the molecule is Cc1cc(OCc2ccc(-c3nc4c5cnn(-c6ccccc6)c5ncn4n3)o2)ccc1[N+](=O)[O-]. The molecular weight excluding hydrogens is 450 g/mol. The number of nitro groups is 1. The number of aryl methyl sites for hydroxylation is 1. The quantitative estimate of drug-likeness (QED) is 0.258. The van der Waals surface area contributed by atoms with Crippen molar-refractivity contribution in [3.8, 4) is 23.0 Å². The molecule has 0 aliphatic carbocycles. The van der Waals surface area contributed by atoms with Gasteiger partial charge in [0.2, 0.25) is 5.82 Å². The Morgan fingerprint density at radius 2 is 1.94 bits per heavy atom. The first-order chi connectivity index (χ1) is 17.1. The summed E-state index contributed by atoms with van der Waals surface area (Å²) in [5.74, 6) is 1.97. The van der Waals surface area contributed by atoms with Crippen molar-refractivity contribution in [2.24, 2.45) is 0 Å². The molecule has 0 radical (unpaired) electrons. The molecule has 0 spiro atoms. The van der Waals surface area contributed by atoms with Crippen molar-refractivity contribution in [1.82, 2.24) is 29.4 Å². The summed E-state index contributed by atoms with van der Waals surface area (Å²) in [5, 5.41) is 20.7. The van der Waals surface area contributed by atoms with Crippen LogP contribution < -0.4 is 4.74 Å². The lowest BCUT2D eigenvalue weighted by Gasteiger charge is -2.05. The Kier molecular flexibility index (Phi) is 4.73. The standard InChI is InChI=1S/C24H17N7O4/c1-15-11-17(7-9-20(15)31(32)33)34-13-18-8-10-21(35-18)22-27-24-19-12-26-30(16-5-3-2-4-6-16)23(19)25-14-29(24)28-22/h2-12,14H,13H2,1H3. The molecule has 0 bridgehead atoms. The van der Waals surface area contributed by atoms with Gasteiger partial charge in [0.1, 0.15) is 24.4 Å². The molecule has 11 heteroatoms. The van der Waals surface area contributed by atoms with Crippen LogP contribution in [0, 0.1) is 17.0 Å². The van der Waals surface area contributed by atoms with Crippen LogP contribution >= 0.6 is 0 Å². The summed E-state index contributed by atoms with van der Waals surface area (Å²) in [7, 11) is 0. The maximum absolute atomic E-state index is 11.0. The fraction of sp³-hybridized carbons (Fsp3) is 0.0833. The van der Waals surface area contributed by atoms with Crippen LogP contribution in [0.15, 0.2) is 77.6 Å². The van der Waals surface area contributed by atoms with Crippen LogP contribution in [0.3, 0.4) is 0 Å². The number of fused-ring (bicyclic) bond motifs is 3. The van der Waals surface area contributed by atoms with Gasteiger partial charge < -0.3 is 9.15 Å². The van der Waals surface area contributed by atoms with Crippen molar-refractivity contribution >= 4 is 22.4 Å². The fourth-order valence-electron chi connectivity index (χ4n) is 3.84. The maximum atomic E-state index is 11.0. The number of para-hydroxylation sites is 1. The van der Waals surface area contributed by atoms with Crippen LogP contribution in [0.4, 0.5) is 5.69 Å². The van der Waals surface area contributed by atoms with E-state index >= 15 is 0 Å². The molecule has 0 aliphatic rings. The van der Waals surface area contributed by atoms with Gasteiger partial charge in [-0.3, -0.25) is 10.1 Å². The average molecular weight is 467 g/mol. The number of rotatable bonds is 6. The van der Waals surface area contributed by atoms with E-state index in [9.17, 15) is 10.1 Å². The van der Waals surface area contributed by atoms with Gasteiger partial charge >= 0.3 is 0 Å². The third-order valence-electron chi connectivity index (χ3n) is 5.53. The summed E-state index contributed by atoms with van der Waals surface area (Å²) >= 11 is 0. The topological polar surface area (TPSA) is 126 Å². The van der Waals surface area contributed by atoms with Gasteiger partial charge in [-0.05, 0) is 43.3 Å². The summed E-state index contributed by atoms with van der Waals surface area (Å²) in [6.07, 6.45) is 3.32. The van der Waals surface area contributed by atoms with Crippen molar-refractivity contribution in [2.45, 2.75) is 13.5 Å². The molecular formula is C24H17N7O4. The Morgan fingerprint density at radius 1 is 1.09 bits per heavy atom. The maximum Gasteiger partial charge on any atom is 0.272 e. The van der Waals surface area contributed by atoms with E-state index in [4.69, 9.17) is 9.15 Å². The van der Waals surface area contributed by atoms with Gasteiger partial charge in [0.25, 0.3) is 5.69 Å². The second-order valence-corrected chi connectivity index (χ2v) is 7.84. The van der Waals surface area contributed by atoms with E-state index in [0.717, 1.165) is 11.1 Å². The van der Waals surface area contributed by atoms with E-state index < -0.39 is 4.92 Å². The van der Waals surface area contributed by atoms with Gasteiger partial charge in [-0.25, -0.2) is 19.2 Å². The Labute approximate surface area is 197 Å². The fourth-order valence-corrected chi connectivity index (χ4v) is 3.84. The average Bonchev–Trinajstić information content (AvgIpc) is 3.60. The lowest BCUT2D eigenvalue weighted by Crippen LogP contribution is -1.98. The molecule has 0 aliphatic heterocycles. The van der Waals surface area contributed by atoms with Crippen LogP contribution in [0.1, 0.15) is 11.3 Å². The van der Waals surface area contributed by atoms with Gasteiger partial charge in [-0.1, -0.05) is 18.2 Å². The zero-order valence-corrected chi connectivity index (χ0v) is 18.4. The van der Waals surface area contributed by atoms with Gasteiger partial charge in [0, 0.05) is 11.6 Å². The Hall–Kier alpha value is -5.06.